The highest BCUT2D eigenvalue weighted by Crippen LogP contribution is 2.15. The van der Waals surface area contributed by atoms with Crippen molar-refractivity contribution < 1.29 is 8.42 Å². The second-order valence-electron chi connectivity index (χ2n) is 4.77. The van der Waals surface area contributed by atoms with Crippen molar-refractivity contribution in [3.63, 3.8) is 0 Å². The SMILES string of the molecule is Cc1cc(=O)n(-c2cccc(S(=O)(=O)N=CN(C)C)c2)[nH]1. The summed E-state index contributed by atoms with van der Waals surface area (Å²) in [5.74, 6) is 0. The number of hydrogen-bond donors (Lipinski definition) is 1. The Bertz CT molecular complexity index is 831. The standard InChI is InChI=1S/C13H16N4O3S/c1-10-7-13(18)17(15-10)11-5-4-6-12(8-11)21(19,20)14-9-16(2)3/h4-9,15H,1-3H3. The number of benzene rings is 1. The van der Waals surface area contributed by atoms with Gasteiger partial charge in [0.1, 0.15) is 6.34 Å². The normalized spacial score (nSPS) is 12.0. The highest BCUT2D eigenvalue weighted by Gasteiger charge is 2.13. The van der Waals surface area contributed by atoms with E-state index >= 15 is 0 Å². The molecular weight excluding hydrogens is 292 g/mol. The molecule has 0 fully saturated rings. The maximum atomic E-state index is 12.1. The first-order chi connectivity index (χ1) is 9.79. The van der Waals surface area contributed by atoms with Gasteiger partial charge in [-0.1, -0.05) is 6.07 Å². The number of hydrogen-bond acceptors (Lipinski definition) is 3. The van der Waals surface area contributed by atoms with E-state index in [9.17, 15) is 13.2 Å². The Morgan fingerprint density at radius 2 is 2.00 bits per heavy atom. The van der Waals surface area contributed by atoms with Crippen LogP contribution >= 0.6 is 0 Å². The van der Waals surface area contributed by atoms with Crippen LogP contribution in [0.15, 0.2) is 44.4 Å². The summed E-state index contributed by atoms with van der Waals surface area (Å²) in [6.07, 6.45) is 1.22. The van der Waals surface area contributed by atoms with Crippen LogP contribution in [0.5, 0.6) is 0 Å². The zero-order chi connectivity index (χ0) is 15.6. The number of aromatic nitrogens is 2. The molecule has 7 nitrogen and oxygen atoms in total. The van der Waals surface area contributed by atoms with Gasteiger partial charge in [0.2, 0.25) is 0 Å². The molecule has 0 amide bonds. The van der Waals surface area contributed by atoms with Crippen LogP contribution in [0.1, 0.15) is 5.69 Å². The molecule has 0 radical (unpaired) electrons. The van der Waals surface area contributed by atoms with E-state index in [0.29, 0.717) is 11.4 Å². The molecule has 0 unspecified atom stereocenters. The maximum Gasteiger partial charge on any atom is 0.283 e. The molecule has 21 heavy (non-hydrogen) atoms. The Morgan fingerprint density at radius 1 is 1.29 bits per heavy atom. The van der Waals surface area contributed by atoms with Gasteiger partial charge in [-0.05, 0) is 25.1 Å². The third kappa shape index (κ3) is 3.40. The van der Waals surface area contributed by atoms with Crippen LogP contribution < -0.4 is 5.56 Å². The zero-order valence-electron chi connectivity index (χ0n) is 11.9. The van der Waals surface area contributed by atoms with Crippen LogP contribution in [0.2, 0.25) is 0 Å². The summed E-state index contributed by atoms with van der Waals surface area (Å²) < 4.78 is 29.0. The van der Waals surface area contributed by atoms with Gasteiger partial charge in [0.15, 0.2) is 0 Å². The summed E-state index contributed by atoms with van der Waals surface area (Å²) in [6, 6.07) is 7.49. The molecule has 1 aromatic heterocycles. The third-order valence-corrected chi connectivity index (χ3v) is 3.86. The number of aryl methyl sites for hydroxylation is 1. The molecule has 1 aromatic carbocycles. The fourth-order valence-electron chi connectivity index (χ4n) is 1.71. The first kappa shape index (κ1) is 15.0. The lowest BCUT2D eigenvalue weighted by molar-refractivity contribution is 0.594. The highest BCUT2D eigenvalue weighted by molar-refractivity contribution is 7.90. The van der Waals surface area contributed by atoms with Crippen molar-refractivity contribution in [2.45, 2.75) is 11.8 Å². The van der Waals surface area contributed by atoms with Crippen molar-refractivity contribution in [1.82, 2.24) is 14.7 Å². The second kappa shape index (κ2) is 5.57. The molecule has 0 saturated carbocycles. The summed E-state index contributed by atoms with van der Waals surface area (Å²) in [5.41, 5.74) is 0.881. The molecule has 0 saturated heterocycles. The molecule has 1 heterocycles. The average Bonchev–Trinajstić information content (AvgIpc) is 2.76. The van der Waals surface area contributed by atoms with E-state index in [1.165, 1.54) is 34.1 Å². The predicted octanol–water partition coefficient (Wildman–Crippen LogP) is 0.753. The first-order valence-corrected chi connectivity index (χ1v) is 7.59. The fraction of sp³-hybridized carbons (Fsp3) is 0.231. The molecule has 0 aliphatic heterocycles. The van der Waals surface area contributed by atoms with Crippen molar-refractivity contribution >= 4 is 16.4 Å². The smallest absolute Gasteiger partial charge is 0.283 e. The van der Waals surface area contributed by atoms with Gasteiger partial charge in [-0.3, -0.25) is 9.89 Å². The summed E-state index contributed by atoms with van der Waals surface area (Å²) >= 11 is 0. The van der Waals surface area contributed by atoms with Crippen molar-refractivity contribution in [2.75, 3.05) is 14.1 Å². The topological polar surface area (TPSA) is 87.5 Å². The lowest BCUT2D eigenvalue weighted by Gasteiger charge is -2.06. The Labute approximate surface area is 122 Å². The van der Waals surface area contributed by atoms with Crippen LogP contribution in [0.3, 0.4) is 0 Å². The molecule has 8 heteroatoms. The summed E-state index contributed by atoms with van der Waals surface area (Å²) in [5, 5.41) is 2.85. The minimum atomic E-state index is -3.79. The van der Waals surface area contributed by atoms with E-state index in [0.717, 1.165) is 0 Å². The van der Waals surface area contributed by atoms with E-state index in [2.05, 4.69) is 9.50 Å². The minimum absolute atomic E-state index is 0.0252. The molecule has 2 rings (SSSR count). The fourth-order valence-corrected chi connectivity index (χ4v) is 2.66. The third-order valence-electron chi connectivity index (χ3n) is 2.64. The van der Waals surface area contributed by atoms with E-state index in [-0.39, 0.29) is 10.5 Å². The molecular formula is C13H16N4O3S. The number of nitrogens with zero attached hydrogens (tertiary/aromatic N) is 3. The molecule has 2 aromatic rings. The van der Waals surface area contributed by atoms with Crippen molar-refractivity contribution in [1.29, 1.82) is 0 Å². The number of aromatic amines is 1. The quantitative estimate of drug-likeness (QED) is 0.667. The zero-order valence-corrected chi connectivity index (χ0v) is 12.8. The highest BCUT2D eigenvalue weighted by atomic mass is 32.2. The van der Waals surface area contributed by atoms with Gasteiger partial charge in [-0.2, -0.15) is 8.42 Å². The Kier molecular flexibility index (Phi) is 3.99. The van der Waals surface area contributed by atoms with E-state index in [4.69, 9.17) is 0 Å². The largest absolute Gasteiger partial charge is 0.368 e. The van der Waals surface area contributed by atoms with Crippen molar-refractivity contribution in [2.24, 2.45) is 4.40 Å². The number of rotatable bonds is 4. The number of nitrogens with one attached hydrogen (secondary N) is 1. The van der Waals surface area contributed by atoms with Crippen LogP contribution in [0, 0.1) is 6.92 Å². The number of sulfonamides is 1. The van der Waals surface area contributed by atoms with Crippen molar-refractivity contribution in [3.8, 4) is 5.69 Å². The summed E-state index contributed by atoms with van der Waals surface area (Å²) in [7, 11) is -0.439. The molecule has 0 atom stereocenters. The molecule has 0 spiro atoms. The van der Waals surface area contributed by atoms with Gasteiger partial charge in [0, 0.05) is 25.9 Å². The van der Waals surface area contributed by atoms with Gasteiger partial charge in [0.05, 0.1) is 10.6 Å². The Hall–Kier alpha value is -2.35. The van der Waals surface area contributed by atoms with E-state index in [1.54, 1.807) is 33.2 Å². The van der Waals surface area contributed by atoms with Gasteiger partial charge >= 0.3 is 0 Å². The van der Waals surface area contributed by atoms with Gasteiger partial charge in [-0.25, -0.2) is 4.68 Å². The van der Waals surface area contributed by atoms with Crippen LogP contribution in [0.25, 0.3) is 5.69 Å². The van der Waals surface area contributed by atoms with Crippen molar-refractivity contribution in [3.05, 3.63) is 46.4 Å². The predicted molar refractivity (Wildman–Crippen MR) is 80.5 cm³/mol. The summed E-state index contributed by atoms with van der Waals surface area (Å²) in [6.45, 7) is 1.75. The van der Waals surface area contributed by atoms with E-state index < -0.39 is 10.0 Å². The Balaban J connectivity index is 2.48. The Morgan fingerprint density at radius 3 is 2.57 bits per heavy atom. The van der Waals surface area contributed by atoms with Gasteiger partial charge in [0.25, 0.3) is 15.6 Å². The lowest BCUT2D eigenvalue weighted by Crippen LogP contribution is -2.14. The molecule has 112 valence electrons. The van der Waals surface area contributed by atoms with E-state index in [1.807, 2.05) is 0 Å². The molecule has 1 N–H and O–H groups in total. The summed E-state index contributed by atoms with van der Waals surface area (Å²) in [4.78, 5) is 13.3. The second-order valence-corrected chi connectivity index (χ2v) is 6.40. The molecule has 0 bridgehead atoms. The van der Waals surface area contributed by atoms with Crippen LogP contribution in [-0.4, -0.2) is 43.5 Å². The van der Waals surface area contributed by atoms with Crippen LogP contribution in [-0.2, 0) is 10.0 Å². The monoisotopic (exact) mass is 308 g/mol. The molecule has 0 aliphatic carbocycles. The van der Waals surface area contributed by atoms with Gasteiger partial charge < -0.3 is 4.90 Å². The number of H-pyrrole nitrogens is 1. The maximum absolute atomic E-state index is 12.1. The molecule has 0 aliphatic rings. The minimum Gasteiger partial charge on any atom is -0.368 e. The van der Waals surface area contributed by atoms with Crippen LogP contribution in [0.4, 0.5) is 0 Å². The first-order valence-electron chi connectivity index (χ1n) is 6.15. The average molecular weight is 308 g/mol. The lowest BCUT2D eigenvalue weighted by atomic mass is 10.3. The van der Waals surface area contributed by atoms with Gasteiger partial charge in [-0.15, -0.1) is 4.40 Å².